The Morgan fingerprint density at radius 1 is 1.00 bits per heavy atom. The Labute approximate surface area is 167 Å². The summed E-state index contributed by atoms with van der Waals surface area (Å²) in [6, 6.07) is 19.5. The minimum Gasteiger partial charge on any atom is -0.497 e. The highest BCUT2D eigenvalue weighted by molar-refractivity contribution is 6.32. The molecule has 0 aliphatic heterocycles. The lowest BCUT2D eigenvalue weighted by Gasteiger charge is -2.11. The number of halogens is 1. The van der Waals surface area contributed by atoms with Crippen molar-refractivity contribution >= 4 is 23.0 Å². The molecule has 144 valence electrons. The van der Waals surface area contributed by atoms with Crippen LogP contribution in [0.15, 0.2) is 66.7 Å². The van der Waals surface area contributed by atoms with E-state index in [4.69, 9.17) is 21.1 Å². The molecule has 0 spiro atoms. The normalized spacial score (nSPS) is 10.4. The largest absolute Gasteiger partial charge is 0.497 e. The van der Waals surface area contributed by atoms with Gasteiger partial charge in [-0.15, -0.1) is 0 Å². The van der Waals surface area contributed by atoms with Crippen LogP contribution in [0.4, 0.5) is 11.4 Å². The summed E-state index contributed by atoms with van der Waals surface area (Å²) in [6.45, 7) is 0.899. The van der Waals surface area contributed by atoms with Crippen LogP contribution in [-0.2, 0) is 13.2 Å². The van der Waals surface area contributed by atoms with Gasteiger partial charge in [0.05, 0.1) is 17.1 Å². The summed E-state index contributed by atoms with van der Waals surface area (Å²) < 4.78 is 10.9. The number of nitro benzene ring substituents is 1. The molecule has 6 nitrogen and oxygen atoms in total. The van der Waals surface area contributed by atoms with E-state index in [0.717, 1.165) is 22.6 Å². The van der Waals surface area contributed by atoms with Gasteiger partial charge in [-0.25, -0.2) is 0 Å². The first-order chi connectivity index (χ1) is 13.5. The maximum atomic E-state index is 10.7. The molecule has 0 atom stereocenters. The lowest BCUT2D eigenvalue weighted by Crippen LogP contribution is -2.00. The maximum Gasteiger partial charge on any atom is 0.269 e. The highest BCUT2D eigenvalue weighted by atomic mass is 35.5. The van der Waals surface area contributed by atoms with E-state index in [1.54, 1.807) is 19.2 Å². The first kappa shape index (κ1) is 19.5. The number of hydrogen-bond donors (Lipinski definition) is 1. The van der Waals surface area contributed by atoms with E-state index in [-0.39, 0.29) is 12.3 Å². The van der Waals surface area contributed by atoms with Crippen molar-refractivity contribution in [2.75, 3.05) is 12.4 Å². The zero-order chi connectivity index (χ0) is 19.9. The Kier molecular flexibility index (Phi) is 6.34. The SMILES string of the molecule is COc1ccc(NCc2ccc(OCc3ccc([N+](=O)[O-])cc3)c(Cl)c2)cc1. The summed E-state index contributed by atoms with van der Waals surface area (Å²) in [5, 5.41) is 14.5. The van der Waals surface area contributed by atoms with Crippen molar-refractivity contribution in [3.8, 4) is 11.5 Å². The third-order valence-corrected chi connectivity index (χ3v) is 4.42. The van der Waals surface area contributed by atoms with Gasteiger partial charge in [0, 0.05) is 24.4 Å². The lowest BCUT2D eigenvalue weighted by atomic mass is 10.2. The maximum absolute atomic E-state index is 10.7. The molecule has 7 heteroatoms. The van der Waals surface area contributed by atoms with Crippen molar-refractivity contribution in [3.05, 3.63) is 93.0 Å². The van der Waals surface area contributed by atoms with E-state index < -0.39 is 4.92 Å². The number of benzene rings is 3. The molecule has 3 rings (SSSR count). The molecule has 0 aliphatic rings. The monoisotopic (exact) mass is 398 g/mol. The predicted molar refractivity (Wildman–Crippen MR) is 109 cm³/mol. The van der Waals surface area contributed by atoms with Gasteiger partial charge in [0.25, 0.3) is 5.69 Å². The summed E-state index contributed by atoms with van der Waals surface area (Å²) in [5.74, 6) is 1.37. The number of nitrogens with one attached hydrogen (secondary N) is 1. The Balaban J connectivity index is 1.56. The molecule has 0 bridgehead atoms. The van der Waals surface area contributed by atoms with Gasteiger partial charge < -0.3 is 14.8 Å². The standard InChI is InChI=1S/C21H19ClN2O4/c1-27-19-9-5-17(6-10-19)23-13-16-4-11-21(20(22)12-16)28-14-15-2-7-18(8-3-15)24(25)26/h2-12,23H,13-14H2,1H3. The molecule has 0 radical (unpaired) electrons. The van der Waals surface area contributed by atoms with Gasteiger partial charge in [-0.05, 0) is 59.7 Å². The second-order valence-electron chi connectivity index (χ2n) is 6.06. The Morgan fingerprint density at radius 2 is 1.68 bits per heavy atom. The lowest BCUT2D eigenvalue weighted by molar-refractivity contribution is -0.384. The average Bonchev–Trinajstić information content (AvgIpc) is 2.72. The van der Waals surface area contributed by atoms with E-state index in [1.165, 1.54) is 12.1 Å². The molecular weight excluding hydrogens is 380 g/mol. The first-order valence-corrected chi connectivity index (χ1v) is 8.95. The molecular formula is C21H19ClN2O4. The third kappa shape index (κ3) is 5.14. The van der Waals surface area contributed by atoms with Crippen molar-refractivity contribution in [2.45, 2.75) is 13.2 Å². The second-order valence-corrected chi connectivity index (χ2v) is 6.47. The topological polar surface area (TPSA) is 73.6 Å². The molecule has 0 amide bonds. The highest BCUT2D eigenvalue weighted by Crippen LogP contribution is 2.27. The van der Waals surface area contributed by atoms with Gasteiger partial charge in [0.15, 0.2) is 0 Å². The van der Waals surface area contributed by atoms with Crippen molar-refractivity contribution in [1.29, 1.82) is 0 Å². The molecule has 0 unspecified atom stereocenters. The number of hydrogen-bond acceptors (Lipinski definition) is 5. The number of nitro groups is 1. The van der Waals surface area contributed by atoms with Crippen molar-refractivity contribution in [1.82, 2.24) is 0 Å². The number of anilines is 1. The first-order valence-electron chi connectivity index (χ1n) is 8.57. The van der Waals surface area contributed by atoms with Crippen molar-refractivity contribution < 1.29 is 14.4 Å². The molecule has 0 aliphatic carbocycles. The minimum absolute atomic E-state index is 0.0514. The molecule has 0 fully saturated rings. The smallest absolute Gasteiger partial charge is 0.269 e. The molecule has 1 N–H and O–H groups in total. The molecule has 3 aromatic rings. The van der Waals surface area contributed by atoms with Gasteiger partial charge in [0.2, 0.25) is 0 Å². The second kappa shape index (κ2) is 9.10. The zero-order valence-electron chi connectivity index (χ0n) is 15.2. The van der Waals surface area contributed by atoms with Gasteiger partial charge in [-0.3, -0.25) is 10.1 Å². The number of ether oxygens (including phenoxy) is 2. The summed E-state index contributed by atoms with van der Waals surface area (Å²) in [7, 11) is 1.63. The number of non-ortho nitro benzene ring substituents is 1. The van der Waals surface area contributed by atoms with Crippen molar-refractivity contribution in [3.63, 3.8) is 0 Å². The van der Waals surface area contributed by atoms with Crippen LogP contribution in [0.25, 0.3) is 0 Å². The number of rotatable bonds is 8. The van der Waals surface area contributed by atoms with Crippen LogP contribution >= 0.6 is 11.6 Å². The quantitative estimate of drug-likeness (QED) is 0.403. The van der Waals surface area contributed by atoms with Crippen LogP contribution in [0.2, 0.25) is 5.02 Å². The molecule has 0 saturated heterocycles. The Morgan fingerprint density at radius 3 is 2.29 bits per heavy atom. The highest BCUT2D eigenvalue weighted by Gasteiger charge is 2.07. The Bertz CT molecular complexity index is 944. The van der Waals surface area contributed by atoms with E-state index in [2.05, 4.69) is 5.32 Å². The van der Waals surface area contributed by atoms with Crippen LogP contribution in [0, 0.1) is 10.1 Å². The fourth-order valence-corrected chi connectivity index (χ4v) is 2.82. The summed E-state index contributed by atoms with van der Waals surface area (Å²) in [5.41, 5.74) is 2.88. The van der Waals surface area contributed by atoms with Crippen LogP contribution in [0.3, 0.4) is 0 Å². The van der Waals surface area contributed by atoms with Gasteiger partial charge in [-0.1, -0.05) is 17.7 Å². The van der Waals surface area contributed by atoms with Gasteiger partial charge in [0.1, 0.15) is 18.1 Å². The summed E-state index contributed by atoms with van der Waals surface area (Å²) in [6.07, 6.45) is 0. The van der Waals surface area contributed by atoms with Crippen LogP contribution in [0.5, 0.6) is 11.5 Å². The number of methoxy groups -OCH3 is 1. The van der Waals surface area contributed by atoms with E-state index >= 15 is 0 Å². The van der Waals surface area contributed by atoms with E-state index in [9.17, 15) is 10.1 Å². The molecule has 0 aromatic heterocycles. The minimum atomic E-state index is -0.430. The third-order valence-electron chi connectivity index (χ3n) is 4.12. The van der Waals surface area contributed by atoms with Gasteiger partial charge >= 0.3 is 0 Å². The fourth-order valence-electron chi connectivity index (χ4n) is 2.56. The summed E-state index contributed by atoms with van der Waals surface area (Å²) in [4.78, 5) is 10.3. The van der Waals surface area contributed by atoms with Crippen molar-refractivity contribution in [2.24, 2.45) is 0 Å². The predicted octanol–water partition coefficient (Wildman–Crippen LogP) is 5.45. The fraction of sp³-hybridized carbons (Fsp3) is 0.143. The molecule has 0 heterocycles. The summed E-state index contributed by atoms with van der Waals surface area (Å²) >= 11 is 6.33. The Hall–Kier alpha value is -3.25. The zero-order valence-corrected chi connectivity index (χ0v) is 16.0. The molecule has 3 aromatic carbocycles. The number of nitrogens with zero attached hydrogens (tertiary/aromatic N) is 1. The van der Waals surface area contributed by atoms with E-state index in [1.807, 2.05) is 42.5 Å². The van der Waals surface area contributed by atoms with Gasteiger partial charge in [-0.2, -0.15) is 0 Å². The van der Waals surface area contributed by atoms with E-state index in [0.29, 0.717) is 17.3 Å². The average molecular weight is 399 g/mol. The molecule has 28 heavy (non-hydrogen) atoms. The van der Waals surface area contributed by atoms with Crippen LogP contribution < -0.4 is 14.8 Å². The molecule has 0 saturated carbocycles. The van der Waals surface area contributed by atoms with Crippen LogP contribution in [-0.4, -0.2) is 12.0 Å². The van der Waals surface area contributed by atoms with Crippen LogP contribution in [0.1, 0.15) is 11.1 Å².